The van der Waals surface area contributed by atoms with Crippen LogP contribution in [0.3, 0.4) is 0 Å². The lowest BCUT2D eigenvalue weighted by molar-refractivity contribution is 0.0815. The average molecular weight is 425 g/mol. The van der Waals surface area contributed by atoms with E-state index < -0.39 is 6.10 Å². The molecule has 0 bridgehead atoms. The summed E-state index contributed by atoms with van der Waals surface area (Å²) in [6.07, 6.45) is 3.80. The lowest BCUT2D eigenvalue weighted by Gasteiger charge is -2.15. The van der Waals surface area contributed by atoms with Crippen molar-refractivity contribution in [2.24, 2.45) is 0 Å². The molecule has 1 amide bonds. The van der Waals surface area contributed by atoms with Crippen LogP contribution in [0.5, 0.6) is 17.2 Å². The molecule has 0 unspecified atom stereocenters. The summed E-state index contributed by atoms with van der Waals surface area (Å²) in [5.41, 5.74) is 0.790. The number of aliphatic hydroxyl groups excluding tert-OH is 1. The van der Waals surface area contributed by atoms with Crippen LogP contribution in [0, 0.1) is 6.92 Å². The number of hydrogen-bond acceptors (Lipinski definition) is 8. The number of aromatic amines is 1. The maximum Gasteiger partial charge on any atom is 0.291 e. The molecule has 2 heterocycles. The quantitative estimate of drug-likeness (QED) is 0.586. The Hall–Kier alpha value is -3.79. The zero-order valence-corrected chi connectivity index (χ0v) is 17.6. The van der Waals surface area contributed by atoms with Crippen LogP contribution in [0.1, 0.15) is 23.1 Å². The van der Waals surface area contributed by atoms with E-state index in [9.17, 15) is 14.7 Å². The van der Waals surface area contributed by atoms with Crippen LogP contribution >= 0.6 is 0 Å². The van der Waals surface area contributed by atoms with Crippen molar-refractivity contribution in [3.63, 3.8) is 0 Å². The number of benzene rings is 1. The zero-order valence-electron chi connectivity index (χ0n) is 17.6. The van der Waals surface area contributed by atoms with Gasteiger partial charge in [0.25, 0.3) is 11.5 Å². The maximum atomic E-state index is 12.0. The number of amides is 1. The smallest absolute Gasteiger partial charge is 0.291 e. The van der Waals surface area contributed by atoms with Crippen LogP contribution in [-0.2, 0) is 0 Å². The highest BCUT2D eigenvalue weighted by atomic mass is 16.5. The first-order valence-electron chi connectivity index (χ1n) is 9.47. The van der Waals surface area contributed by atoms with Gasteiger partial charge < -0.3 is 24.5 Å². The van der Waals surface area contributed by atoms with Crippen LogP contribution in [0.2, 0.25) is 0 Å². The third-order valence-electron chi connectivity index (χ3n) is 4.19. The Morgan fingerprint density at radius 1 is 1.10 bits per heavy atom. The molecule has 162 valence electrons. The van der Waals surface area contributed by atoms with Gasteiger partial charge >= 0.3 is 0 Å². The first kappa shape index (κ1) is 21.9. The molecular weight excluding hydrogens is 402 g/mol. The summed E-state index contributed by atoms with van der Waals surface area (Å²) < 4.78 is 11.5. The van der Waals surface area contributed by atoms with Crippen LogP contribution in [0.25, 0.3) is 11.4 Å². The molecule has 0 aliphatic carbocycles. The van der Waals surface area contributed by atoms with E-state index >= 15 is 0 Å². The number of ether oxygens (including phenoxy) is 2. The molecule has 10 nitrogen and oxygen atoms in total. The van der Waals surface area contributed by atoms with Gasteiger partial charge in [-0.05, 0) is 26.0 Å². The molecule has 3 rings (SSSR count). The summed E-state index contributed by atoms with van der Waals surface area (Å²) in [5.74, 6) is 1.16. The Labute approximate surface area is 178 Å². The summed E-state index contributed by atoms with van der Waals surface area (Å²) in [6, 6.07) is 4.98. The topological polar surface area (TPSA) is 131 Å². The Balaban J connectivity index is 1.94. The standard InChI is InChI=1S/C21H23N5O5/c1-12-8-22-18(25-20(12)28)14-5-15(30-13(2)11-27)7-16(6-14)31-17-9-23-19(24-10-17)21(29)26(3)4/h5-10,13,27H,11H2,1-4H3,(H,22,25,28)/t13-/m0/s1. The summed E-state index contributed by atoms with van der Waals surface area (Å²) in [7, 11) is 3.22. The van der Waals surface area contributed by atoms with Gasteiger partial charge in [0.1, 0.15) is 23.4 Å². The minimum Gasteiger partial charge on any atom is -0.488 e. The van der Waals surface area contributed by atoms with Gasteiger partial charge in [0.2, 0.25) is 5.82 Å². The van der Waals surface area contributed by atoms with E-state index in [1.165, 1.54) is 23.5 Å². The van der Waals surface area contributed by atoms with Crippen LogP contribution in [-0.4, -0.2) is 62.7 Å². The Morgan fingerprint density at radius 3 is 2.39 bits per heavy atom. The molecule has 0 radical (unpaired) electrons. The molecule has 2 N–H and O–H groups in total. The van der Waals surface area contributed by atoms with Gasteiger partial charge in [0.05, 0.1) is 19.0 Å². The zero-order chi connectivity index (χ0) is 22.5. The minimum absolute atomic E-state index is 0.0494. The molecule has 2 aromatic heterocycles. The predicted molar refractivity (Wildman–Crippen MR) is 112 cm³/mol. The van der Waals surface area contributed by atoms with Crippen molar-refractivity contribution in [1.29, 1.82) is 0 Å². The van der Waals surface area contributed by atoms with Crippen molar-refractivity contribution >= 4 is 5.91 Å². The van der Waals surface area contributed by atoms with Crippen LogP contribution < -0.4 is 15.0 Å². The number of hydrogen-bond donors (Lipinski definition) is 2. The van der Waals surface area contributed by atoms with E-state index in [-0.39, 0.29) is 23.9 Å². The van der Waals surface area contributed by atoms with Gasteiger partial charge in [0.15, 0.2) is 5.75 Å². The number of aromatic nitrogens is 4. The van der Waals surface area contributed by atoms with E-state index in [1.54, 1.807) is 46.1 Å². The molecule has 1 atom stereocenters. The second-order valence-corrected chi connectivity index (χ2v) is 7.09. The summed E-state index contributed by atoms with van der Waals surface area (Å²) in [5, 5.41) is 9.30. The number of rotatable bonds is 7. The predicted octanol–water partition coefficient (Wildman–Crippen LogP) is 1.79. The highest BCUT2D eigenvalue weighted by molar-refractivity contribution is 5.89. The van der Waals surface area contributed by atoms with Crippen molar-refractivity contribution in [2.75, 3.05) is 20.7 Å². The fourth-order valence-electron chi connectivity index (χ4n) is 2.53. The summed E-state index contributed by atoms with van der Waals surface area (Å²) in [6.45, 7) is 3.21. The minimum atomic E-state index is -0.451. The van der Waals surface area contributed by atoms with E-state index in [1.807, 2.05) is 0 Å². The number of nitrogens with one attached hydrogen (secondary N) is 1. The maximum absolute atomic E-state index is 12.0. The highest BCUT2D eigenvalue weighted by Gasteiger charge is 2.13. The monoisotopic (exact) mass is 425 g/mol. The number of aryl methyl sites for hydroxylation is 1. The molecule has 0 spiro atoms. The van der Waals surface area contributed by atoms with Gasteiger partial charge in [0, 0.05) is 37.5 Å². The normalized spacial score (nSPS) is 11.6. The molecule has 0 saturated heterocycles. The molecule has 3 aromatic rings. The van der Waals surface area contributed by atoms with E-state index in [0.717, 1.165) is 0 Å². The van der Waals surface area contributed by atoms with Crippen molar-refractivity contribution in [2.45, 2.75) is 20.0 Å². The van der Waals surface area contributed by atoms with Gasteiger partial charge in [-0.1, -0.05) is 0 Å². The molecule has 31 heavy (non-hydrogen) atoms. The van der Waals surface area contributed by atoms with Gasteiger partial charge in [-0.3, -0.25) is 9.59 Å². The molecule has 1 aromatic carbocycles. The van der Waals surface area contributed by atoms with E-state index in [0.29, 0.717) is 34.2 Å². The Bertz CT molecular complexity index is 1130. The largest absolute Gasteiger partial charge is 0.488 e. The number of aliphatic hydroxyl groups is 1. The lowest BCUT2D eigenvalue weighted by atomic mass is 10.1. The Kier molecular flexibility index (Phi) is 6.61. The van der Waals surface area contributed by atoms with Crippen molar-refractivity contribution in [3.8, 4) is 28.6 Å². The molecule has 0 aliphatic rings. The van der Waals surface area contributed by atoms with Crippen molar-refractivity contribution in [1.82, 2.24) is 24.8 Å². The molecule has 10 heteroatoms. The van der Waals surface area contributed by atoms with E-state index in [4.69, 9.17) is 9.47 Å². The third kappa shape index (κ3) is 5.43. The fourth-order valence-corrected chi connectivity index (χ4v) is 2.53. The fraction of sp³-hybridized carbons (Fsp3) is 0.286. The highest BCUT2D eigenvalue weighted by Crippen LogP contribution is 2.31. The number of H-pyrrole nitrogens is 1. The summed E-state index contributed by atoms with van der Waals surface area (Å²) >= 11 is 0. The van der Waals surface area contributed by atoms with Crippen molar-refractivity contribution < 1.29 is 19.4 Å². The number of carbonyl (C=O) groups excluding carboxylic acids is 1. The molecule has 0 fully saturated rings. The molecule has 0 aliphatic heterocycles. The number of carbonyl (C=O) groups is 1. The van der Waals surface area contributed by atoms with Gasteiger partial charge in [-0.25, -0.2) is 15.0 Å². The molecular formula is C21H23N5O5. The number of nitrogens with zero attached hydrogens (tertiary/aromatic N) is 4. The first-order valence-corrected chi connectivity index (χ1v) is 9.47. The van der Waals surface area contributed by atoms with Gasteiger partial charge in [-0.2, -0.15) is 0 Å². The summed E-state index contributed by atoms with van der Waals surface area (Å²) in [4.78, 5) is 40.3. The average Bonchev–Trinajstić information content (AvgIpc) is 2.75. The van der Waals surface area contributed by atoms with Crippen LogP contribution in [0.4, 0.5) is 0 Å². The van der Waals surface area contributed by atoms with Gasteiger partial charge in [-0.15, -0.1) is 0 Å². The second-order valence-electron chi connectivity index (χ2n) is 7.09. The first-order chi connectivity index (χ1) is 14.8. The third-order valence-corrected chi connectivity index (χ3v) is 4.19. The van der Waals surface area contributed by atoms with E-state index in [2.05, 4.69) is 19.9 Å². The Morgan fingerprint density at radius 2 is 1.77 bits per heavy atom. The molecule has 0 saturated carbocycles. The SMILES string of the molecule is Cc1cnc(-c2cc(Oc3cnc(C(=O)N(C)C)nc3)cc(O[C@@H](C)CO)c2)[nH]c1=O. The van der Waals surface area contributed by atoms with Crippen LogP contribution in [0.15, 0.2) is 41.6 Å². The second kappa shape index (κ2) is 9.35. The lowest BCUT2D eigenvalue weighted by Crippen LogP contribution is -2.23. The van der Waals surface area contributed by atoms with Crippen molar-refractivity contribution in [3.05, 3.63) is 58.5 Å².